The summed E-state index contributed by atoms with van der Waals surface area (Å²) < 4.78 is 11.2. The van der Waals surface area contributed by atoms with Crippen LogP contribution in [0.5, 0.6) is 11.5 Å². The maximum Gasteiger partial charge on any atom is 0.361 e. The van der Waals surface area contributed by atoms with Crippen molar-refractivity contribution in [2.24, 2.45) is 0 Å². The SMILES string of the molecule is C=C(NOC)C(=O)Oc1ccccc1COc1cc(C)ccc1C. The number of nitrogens with one attached hydrogen (secondary N) is 1. The van der Waals surface area contributed by atoms with Crippen molar-refractivity contribution < 1.29 is 19.1 Å². The first kappa shape index (κ1) is 17.6. The number of rotatable bonds is 7. The predicted octanol–water partition coefficient (Wildman–Crippen LogP) is 3.45. The largest absolute Gasteiger partial charge is 0.488 e. The van der Waals surface area contributed by atoms with E-state index in [1.165, 1.54) is 7.11 Å². The summed E-state index contributed by atoms with van der Waals surface area (Å²) in [5, 5.41) is 0. The Labute approximate surface area is 141 Å². The summed E-state index contributed by atoms with van der Waals surface area (Å²) in [5.74, 6) is 0.615. The van der Waals surface area contributed by atoms with Gasteiger partial charge in [0, 0.05) is 5.56 Å². The number of benzene rings is 2. The molecule has 0 aromatic heterocycles. The Morgan fingerprint density at radius 3 is 2.62 bits per heavy atom. The van der Waals surface area contributed by atoms with E-state index in [1.807, 2.05) is 44.2 Å². The Hall–Kier alpha value is -2.79. The van der Waals surface area contributed by atoms with E-state index >= 15 is 0 Å². The second-order valence-electron chi connectivity index (χ2n) is 5.34. The first-order chi connectivity index (χ1) is 11.5. The smallest absolute Gasteiger partial charge is 0.361 e. The molecule has 0 saturated carbocycles. The number of hydroxylamine groups is 1. The lowest BCUT2D eigenvalue weighted by Crippen LogP contribution is -2.22. The number of esters is 1. The van der Waals surface area contributed by atoms with E-state index in [0.29, 0.717) is 5.75 Å². The highest BCUT2D eigenvalue weighted by atomic mass is 16.6. The molecule has 24 heavy (non-hydrogen) atoms. The third kappa shape index (κ3) is 4.60. The van der Waals surface area contributed by atoms with E-state index in [2.05, 4.69) is 16.9 Å². The quantitative estimate of drug-likeness (QED) is 0.365. The minimum Gasteiger partial charge on any atom is -0.488 e. The van der Waals surface area contributed by atoms with Crippen LogP contribution in [0, 0.1) is 13.8 Å². The summed E-state index contributed by atoms with van der Waals surface area (Å²) in [5.41, 5.74) is 5.31. The van der Waals surface area contributed by atoms with Gasteiger partial charge in [-0.15, -0.1) is 0 Å². The number of ether oxygens (including phenoxy) is 2. The third-order valence-electron chi connectivity index (χ3n) is 3.37. The molecule has 0 spiro atoms. The summed E-state index contributed by atoms with van der Waals surface area (Å²) in [4.78, 5) is 16.6. The molecule has 0 unspecified atom stereocenters. The van der Waals surface area contributed by atoms with Gasteiger partial charge in [0.25, 0.3) is 0 Å². The number of hydrogen-bond acceptors (Lipinski definition) is 5. The summed E-state index contributed by atoms with van der Waals surface area (Å²) in [7, 11) is 1.39. The molecular weight excluding hydrogens is 306 g/mol. The molecule has 5 nitrogen and oxygen atoms in total. The van der Waals surface area contributed by atoms with Gasteiger partial charge >= 0.3 is 5.97 Å². The van der Waals surface area contributed by atoms with Gasteiger partial charge in [-0.3, -0.25) is 10.3 Å². The van der Waals surface area contributed by atoms with Crippen molar-refractivity contribution in [1.29, 1.82) is 0 Å². The van der Waals surface area contributed by atoms with Gasteiger partial charge in [-0.25, -0.2) is 4.79 Å². The van der Waals surface area contributed by atoms with Crippen LogP contribution >= 0.6 is 0 Å². The average molecular weight is 327 g/mol. The van der Waals surface area contributed by atoms with Crippen LogP contribution in [0.15, 0.2) is 54.7 Å². The Bertz CT molecular complexity index is 740. The molecule has 1 N–H and O–H groups in total. The fourth-order valence-corrected chi connectivity index (χ4v) is 2.07. The van der Waals surface area contributed by atoms with E-state index < -0.39 is 5.97 Å². The van der Waals surface area contributed by atoms with Gasteiger partial charge in [-0.05, 0) is 37.1 Å². The topological polar surface area (TPSA) is 56.8 Å². The maximum atomic E-state index is 11.9. The standard InChI is InChI=1S/C19H21NO4/c1-13-9-10-14(2)18(11-13)23-12-16-7-5-6-8-17(16)24-19(21)15(3)20-22-4/h5-11,20H,3,12H2,1-2,4H3. The van der Waals surface area contributed by atoms with E-state index in [-0.39, 0.29) is 12.3 Å². The Balaban J connectivity index is 2.10. The Morgan fingerprint density at radius 1 is 1.12 bits per heavy atom. The number of hydrogen-bond donors (Lipinski definition) is 1. The zero-order valence-corrected chi connectivity index (χ0v) is 14.1. The monoisotopic (exact) mass is 327 g/mol. The van der Waals surface area contributed by atoms with Crippen molar-refractivity contribution >= 4 is 5.97 Å². The van der Waals surface area contributed by atoms with Crippen LogP contribution < -0.4 is 15.0 Å². The van der Waals surface area contributed by atoms with Gasteiger partial charge < -0.3 is 9.47 Å². The molecule has 0 amide bonds. The van der Waals surface area contributed by atoms with Crippen molar-refractivity contribution in [3.63, 3.8) is 0 Å². The van der Waals surface area contributed by atoms with E-state index in [9.17, 15) is 4.79 Å². The summed E-state index contributed by atoms with van der Waals surface area (Å²) in [6, 6.07) is 13.2. The molecule has 0 aliphatic carbocycles. The van der Waals surface area contributed by atoms with Crippen molar-refractivity contribution in [3.05, 3.63) is 71.4 Å². The average Bonchev–Trinajstić information content (AvgIpc) is 2.57. The fraction of sp³-hybridized carbons (Fsp3) is 0.211. The van der Waals surface area contributed by atoms with Gasteiger partial charge in [0.05, 0.1) is 7.11 Å². The third-order valence-corrected chi connectivity index (χ3v) is 3.37. The minimum atomic E-state index is -0.615. The lowest BCUT2D eigenvalue weighted by Gasteiger charge is -2.13. The Kier molecular flexibility index (Phi) is 5.98. The van der Waals surface area contributed by atoms with Crippen LogP contribution in [0.2, 0.25) is 0 Å². The van der Waals surface area contributed by atoms with Crippen molar-refractivity contribution in [1.82, 2.24) is 5.48 Å². The summed E-state index contributed by atoms with van der Waals surface area (Å²) in [6.45, 7) is 7.83. The lowest BCUT2D eigenvalue weighted by atomic mass is 10.1. The summed E-state index contributed by atoms with van der Waals surface area (Å²) in [6.07, 6.45) is 0. The highest BCUT2D eigenvalue weighted by Gasteiger charge is 2.13. The number of carbonyl (C=O) groups excluding carboxylic acids is 1. The molecule has 0 bridgehead atoms. The first-order valence-corrected chi connectivity index (χ1v) is 7.49. The van der Waals surface area contributed by atoms with Crippen LogP contribution in [0.1, 0.15) is 16.7 Å². The zero-order valence-electron chi connectivity index (χ0n) is 14.1. The van der Waals surface area contributed by atoms with Gasteiger partial charge in [0.1, 0.15) is 23.8 Å². The molecule has 2 rings (SSSR count). The Morgan fingerprint density at radius 2 is 1.88 bits per heavy atom. The van der Waals surface area contributed by atoms with Gasteiger partial charge in [0.15, 0.2) is 0 Å². The molecule has 0 saturated heterocycles. The van der Waals surface area contributed by atoms with E-state index in [4.69, 9.17) is 9.47 Å². The summed E-state index contributed by atoms with van der Waals surface area (Å²) >= 11 is 0. The highest BCUT2D eigenvalue weighted by Crippen LogP contribution is 2.24. The van der Waals surface area contributed by atoms with Gasteiger partial charge in [-0.2, -0.15) is 0 Å². The van der Waals surface area contributed by atoms with Crippen molar-refractivity contribution in [3.8, 4) is 11.5 Å². The molecule has 0 aliphatic heterocycles. The van der Waals surface area contributed by atoms with Crippen LogP contribution in [0.25, 0.3) is 0 Å². The van der Waals surface area contributed by atoms with Crippen LogP contribution in [0.4, 0.5) is 0 Å². The van der Waals surface area contributed by atoms with Crippen LogP contribution in [0.3, 0.4) is 0 Å². The highest BCUT2D eigenvalue weighted by molar-refractivity contribution is 5.88. The molecule has 2 aromatic rings. The molecule has 0 radical (unpaired) electrons. The number of para-hydroxylation sites is 1. The maximum absolute atomic E-state index is 11.9. The zero-order chi connectivity index (χ0) is 17.5. The molecule has 0 heterocycles. The molecule has 126 valence electrons. The number of aryl methyl sites for hydroxylation is 2. The van der Waals surface area contributed by atoms with Gasteiger partial charge in [0.2, 0.25) is 0 Å². The minimum absolute atomic E-state index is 0.0164. The van der Waals surface area contributed by atoms with Gasteiger partial charge in [-0.1, -0.05) is 36.9 Å². The van der Waals surface area contributed by atoms with E-state index in [0.717, 1.165) is 22.4 Å². The molecule has 5 heteroatoms. The normalized spacial score (nSPS) is 10.1. The molecule has 2 aromatic carbocycles. The first-order valence-electron chi connectivity index (χ1n) is 7.49. The van der Waals surface area contributed by atoms with Crippen molar-refractivity contribution in [2.45, 2.75) is 20.5 Å². The van der Waals surface area contributed by atoms with Crippen LogP contribution in [-0.2, 0) is 16.2 Å². The van der Waals surface area contributed by atoms with Crippen molar-refractivity contribution in [2.75, 3.05) is 7.11 Å². The molecule has 0 aliphatic rings. The predicted molar refractivity (Wildman–Crippen MR) is 91.6 cm³/mol. The second-order valence-corrected chi connectivity index (χ2v) is 5.34. The molecule has 0 atom stereocenters. The molecular formula is C19H21NO4. The number of carbonyl (C=O) groups is 1. The molecule has 0 fully saturated rings. The van der Waals surface area contributed by atoms with E-state index in [1.54, 1.807) is 12.1 Å². The lowest BCUT2D eigenvalue weighted by molar-refractivity contribution is -0.131. The second kappa shape index (κ2) is 8.17. The fourth-order valence-electron chi connectivity index (χ4n) is 2.07. The van der Waals surface area contributed by atoms with Crippen LogP contribution in [-0.4, -0.2) is 13.1 Å².